The van der Waals surface area contributed by atoms with Crippen LogP contribution in [0.4, 0.5) is 5.69 Å². The van der Waals surface area contributed by atoms with Crippen molar-refractivity contribution in [3.8, 4) is 6.07 Å². The summed E-state index contributed by atoms with van der Waals surface area (Å²) in [6.45, 7) is 0.905. The zero-order valence-electron chi connectivity index (χ0n) is 12.4. The predicted octanol–water partition coefficient (Wildman–Crippen LogP) is 1.69. The molecule has 2 unspecified atom stereocenters. The number of carbonyl (C=O) groups excluding carboxylic acids is 1. The molecule has 2 rings (SSSR count). The minimum atomic E-state index is -0.343. The lowest BCUT2D eigenvalue weighted by atomic mass is 10.1. The fourth-order valence-electron chi connectivity index (χ4n) is 2.44. The summed E-state index contributed by atoms with van der Waals surface area (Å²) < 4.78 is 0. The number of amides is 1. The van der Waals surface area contributed by atoms with Gasteiger partial charge in [-0.05, 0) is 32.6 Å². The molecule has 2 atom stereocenters. The van der Waals surface area contributed by atoms with Crippen LogP contribution < -0.4 is 0 Å². The summed E-state index contributed by atoms with van der Waals surface area (Å²) in [7, 11) is 3.70. The van der Waals surface area contributed by atoms with Crippen LogP contribution in [-0.2, 0) is 4.79 Å². The number of para-hydroxylation sites is 1. The van der Waals surface area contributed by atoms with Crippen LogP contribution in [-0.4, -0.2) is 55.1 Å². The molecule has 1 aromatic rings. The monoisotopic (exact) mass is 284 g/mol. The Kier molecular flexibility index (Phi) is 5.07. The Morgan fingerprint density at radius 1 is 1.48 bits per heavy atom. The van der Waals surface area contributed by atoms with Gasteiger partial charge in [-0.15, -0.1) is 0 Å². The first kappa shape index (κ1) is 15.2. The van der Waals surface area contributed by atoms with Gasteiger partial charge < -0.3 is 9.80 Å². The lowest BCUT2D eigenvalue weighted by Crippen LogP contribution is -2.40. The van der Waals surface area contributed by atoms with E-state index in [0.717, 1.165) is 5.69 Å². The van der Waals surface area contributed by atoms with Crippen molar-refractivity contribution in [1.82, 2.24) is 9.80 Å². The number of nitrogens with zero attached hydrogens (tertiary/aromatic N) is 4. The molecular formula is C16H20N4O. The molecule has 0 aliphatic carbocycles. The number of rotatable bonds is 4. The molecule has 1 fully saturated rings. The van der Waals surface area contributed by atoms with E-state index in [0.29, 0.717) is 19.5 Å². The normalized spacial score (nSPS) is 21.9. The number of aliphatic imine (C=N–C) groups is 1. The highest BCUT2D eigenvalue weighted by atomic mass is 16.2. The molecule has 0 N–H and O–H groups in total. The van der Waals surface area contributed by atoms with E-state index in [-0.39, 0.29) is 17.9 Å². The predicted molar refractivity (Wildman–Crippen MR) is 82.4 cm³/mol. The first-order chi connectivity index (χ1) is 10.1. The maximum absolute atomic E-state index is 12.1. The highest BCUT2D eigenvalue weighted by Gasteiger charge is 2.34. The van der Waals surface area contributed by atoms with Gasteiger partial charge in [0.05, 0.1) is 18.3 Å². The van der Waals surface area contributed by atoms with Crippen LogP contribution in [0.5, 0.6) is 0 Å². The van der Waals surface area contributed by atoms with E-state index in [4.69, 9.17) is 0 Å². The Hall–Kier alpha value is -2.19. The Labute approximate surface area is 125 Å². The van der Waals surface area contributed by atoms with Gasteiger partial charge in [0.2, 0.25) is 5.91 Å². The van der Waals surface area contributed by atoms with Crippen LogP contribution in [0, 0.1) is 17.2 Å². The van der Waals surface area contributed by atoms with Crippen molar-refractivity contribution >= 4 is 17.8 Å². The molecule has 5 heteroatoms. The van der Waals surface area contributed by atoms with Crippen LogP contribution in [0.1, 0.15) is 6.42 Å². The molecular weight excluding hydrogens is 264 g/mol. The van der Waals surface area contributed by atoms with E-state index in [1.54, 1.807) is 4.90 Å². The van der Waals surface area contributed by atoms with Gasteiger partial charge in [0.1, 0.15) is 6.04 Å². The minimum absolute atomic E-state index is 0.00200. The minimum Gasteiger partial charge on any atom is -0.325 e. The first-order valence-electron chi connectivity index (χ1n) is 7.03. The molecule has 1 aromatic carbocycles. The second-order valence-electron chi connectivity index (χ2n) is 5.54. The Balaban J connectivity index is 2.00. The third kappa shape index (κ3) is 4.14. The van der Waals surface area contributed by atoms with E-state index in [1.807, 2.05) is 55.5 Å². The van der Waals surface area contributed by atoms with Crippen LogP contribution >= 0.6 is 0 Å². The molecule has 110 valence electrons. The average Bonchev–Trinajstić information content (AvgIpc) is 2.89. The standard InChI is InChI=1S/C16H20N4O/c1-19(2)12-16(21)20-11-13(8-15(20)9-17)10-18-14-6-4-3-5-7-14/h3-7,10,13,15H,8,11-12H2,1-2H3. The second-order valence-corrected chi connectivity index (χ2v) is 5.54. The summed E-state index contributed by atoms with van der Waals surface area (Å²) >= 11 is 0. The number of likely N-dealkylation sites (N-methyl/N-ethyl adjacent to an activating group) is 1. The first-order valence-corrected chi connectivity index (χ1v) is 7.03. The van der Waals surface area contributed by atoms with E-state index in [9.17, 15) is 10.1 Å². The second kappa shape index (κ2) is 7.00. The Morgan fingerprint density at radius 3 is 2.81 bits per heavy atom. The fraction of sp³-hybridized carbons (Fsp3) is 0.438. The molecule has 1 amide bonds. The van der Waals surface area contributed by atoms with Gasteiger partial charge in [0.25, 0.3) is 0 Å². The van der Waals surface area contributed by atoms with Crippen LogP contribution in [0.3, 0.4) is 0 Å². The van der Waals surface area contributed by atoms with Gasteiger partial charge in [0.15, 0.2) is 0 Å². The molecule has 5 nitrogen and oxygen atoms in total. The number of hydrogen-bond acceptors (Lipinski definition) is 4. The lowest BCUT2D eigenvalue weighted by Gasteiger charge is -2.21. The van der Waals surface area contributed by atoms with E-state index in [2.05, 4.69) is 11.1 Å². The SMILES string of the molecule is CN(C)CC(=O)N1CC(C=Nc2ccccc2)CC1C#N. The molecule has 1 aliphatic heterocycles. The van der Waals surface area contributed by atoms with Gasteiger partial charge in [-0.25, -0.2) is 0 Å². The maximum atomic E-state index is 12.1. The van der Waals surface area contributed by atoms with Crippen LogP contribution in [0.2, 0.25) is 0 Å². The third-order valence-electron chi connectivity index (χ3n) is 3.44. The van der Waals surface area contributed by atoms with E-state index >= 15 is 0 Å². The molecule has 0 bridgehead atoms. The molecule has 1 aliphatic rings. The summed E-state index contributed by atoms with van der Waals surface area (Å²) in [5.74, 6) is 0.142. The average molecular weight is 284 g/mol. The van der Waals surface area contributed by atoms with Crippen molar-refractivity contribution in [3.05, 3.63) is 30.3 Å². The molecule has 1 heterocycles. The Bertz CT molecular complexity index is 547. The molecule has 0 saturated carbocycles. The largest absolute Gasteiger partial charge is 0.325 e. The highest BCUT2D eigenvalue weighted by molar-refractivity contribution is 5.80. The van der Waals surface area contributed by atoms with Crippen LogP contribution in [0.25, 0.3) is 0 Å². The van der Waals surface area contributed by atoms with Crippen molar-refractivity contribution in [1.29, 1.82) is 5.26 Å². The van der Waals surface area contributed by atoms with Gasteiger partial charge in [-0.3, -0.25) is 9.79 Å². The lowest BCUT2D eigenvalue weighted by molar-refractivity contribution is -0.131. The van der Waals surface area contributed by atoms with Gasteiger partial charge in [-0.2, -0.15) is 5.26 Å². The van der Waals surface area contributed by atoms with Gasteiger partial charge in [0, 0.05) is 18.7 Å². The molecule has 0 spiro atoms. The van der Waals surface area contributed by atoms with E-state index < -0.39 is 0 Å². The third-order valence-corrected chi connectivity index (χ3v) is 3.44. The van der Waals surface area contributed by atoms with Gasteiger partial charge in [-0.1, -0.05) is 18.2 Å². The summed E-state index contributed by atoms with van der Waals surface area (Å²) in [6, 6.07) is 11.6. The highest BCUT2D eigenvalue weighted by Crippen LogP contribution is 2.23. The molecule has 0 aromatic heterocycles. The molecule has 21 heavy (non-hydrogen) atoms. The quantitative estimate of drug-likeness (QED) is 0.791. The Morgan fingerprint density at radius 2 is 2.19 bits per heavy atom. The number of likely N-dealkylation sites (tertiary alicyclic amines) is 1. The van der Waals surface area contributed by atoms with Crippen molar-refractivity contribution < 1.29 is 4.79 Å². The number of nitriles is 1. The van der Waals surface area contributed by atoms with E-state index in [1.165, 1.54) is 0 Å². The molecule has 1 saturated heterocycles. The fourth-order valence-corrected chi connectivity index (χ4v) is 2.44. The zero-order valence-corrected chi connectivity index (χ0v) is 12.4. The van der Waals surface area contributed by atoms with Crippen molar-refractivity contribution in [2.45, 2.75) is 12.5 Å². The summed E-state index contributed by atoms with van der Waals surface area (Å²) in [6.07, 6.45) is 2.52. The van der Waals surface area contributed by atoms with Crippen molar-refractivity contribution in [2.75, 3.05) is 27.2 Å². The summed E-state index contributed by atoms with van der Waals surface area (Å²) in [5.41, 5.74) is 0.893. The number of carbonyl (C=O) groups is 1. The summed E-state index contributed by atoms with van der Waals surface area (Å²) in [4.78, 5) is 20.1. The topological polar surface area (TPSA) is 59.7 Å². The molecule has 0 radical (unpaired) electrons. The smallest absolute Gasteiger partial charge is 0.237 e. The maximum Gasteiger partial charge on any atom is 0.237 e. The zero-order chi connectivity index (χ0) is 15.2. The number of benzene rings is 1. The van der Waals surface area contributed by atoms with Crippen LogP contribution in [0.15, 0.2) is 35.3 Å². The number of hydrogen-bond donors (Lipinski definition) is 0. The summed E-state index contributed by atoms with van der Waals surface area (Å²) in [5, 5.41) is 9.22. The van der Waals surface area contributed by atoms with Gasteiger partial charge >= 0.3 is 0 Å². The van der Waals surface area contributed by atoms with Crippen molar-refractivity contribution in [2.24, 2.45) is 10.9 Å². The van der Waals surface area contributed by atoms with Crippen molar-refractivity contribution in [3.63, 3.8) is 0 Å².